The maximum atomic E-state index is 12.3. The van der Waals surface area contributed by atoms with E-state index >= 15 is 0 Å². The molecule has 0 radical (unpaired) electrons. The molecule has 0 unspecified atom stereocenters. The highest BCUT2D eigenvalue weighted by Gasteiger charge is 2.35. The van der Waals surface area contributed by atoms with Gasteiger partial charge in [-0.1, -0.05) is 0 Å². The van der Waals surface area contributed by atoms with E-state index in [2.05, 4.69) is 4.74 Å². The monoisotopic (exact) mass is 273 g/mol. The maximum Gasteiger partial charge on any atom is 0.574 e. The van der Waals surface area contributed by atoms with Crippen LogP contribution in [0.4, 0.5) is 22.0 Å². The van der Waals surface area contributed by atoms with E-state index in [0.717, 1.165) is 0 Å². The Morgan fingerprint density at radius 1 is 1.39 bits per heavy atom. The van der Waals surface area contributed by atoms with Gasteiger partial charge in [0.15, 0.2) is 5.56 Å². The number of carboxylic acid groups (broad SMARTS) is 1. The summed E-state index contributed by atoms with van der Waals surface area (Å²) < 4.78 is 63.4. The van der Waals surface area contributed by atoms with E-state index in [1.54, 1.807) is 4.98 Å². The molecule has 0 saturated carbocycles. The molecular weight excluding hydrogens is 269 g/mol. The van der Waals surface area contributed by atoms with Crippen LogP contribution in [-0.2, 0) is 0 Å². The highest BCUT2D eigenvalue weighted by Crippen LogP contribution is 2.24. The molecule has 0 spiro atoms. The zero-order valence-electron chi connectivity index (χ0n) is 8.22. The molecule has 1 aromatic heterocycles. The van der Waals surface area contributed by atoms with Crippen LogP contribution >= 0.6 is 0 Å². The fourth-order valence-electron chi connectivity index (χ4n) is 1.08. The average Bonchev–Trinajstić information content (AvgIpc) is 2.13. The third-order valence-corrected chi connectivity index (χ3v) is 1.74. The molecule has 100 valence electrons. The lowest BCUT2D eigenvalue weighted by Gasteiger charge is -2.11. The zero-order chi connectivity index (χ0) is 14.1. The largest absolute Gasteiger partial charge is 0.574 e. The molecule has 0 aliphatic carbocycles. The number of carbonyl (C=O) groups is 1. The van der Waals surface area contributed by atoms with Gasteiger partial charge in [0.1, 0.15) is 0 Å². The van der Waals surface area contributed by atoms with Crippen molar-refractivity contribution in [1.29, 1.82) is 0 Å². The molecule has 2 N–H and O–H groups in total. The summed E-state index contributed by atoms with van der Waals surface area (Å²) in [6, 6.07) is 0. The molecule has 0 aliphatic rings. The normalized spacial score (nSPS) is 11.7. The number of hydrogen-bond donors (Lipinski definition) is 2. The molecule has 1 heterocycles. The SMILES string of the molecule is O=C(O)c1c(OC(F)(F)F)[nH]cc(C(F)F)c1=O. The van der Waals surface area contributed by atoms with Gasteiger partial charge in [0.05, 0.1) is 5.56 Å². The van der Waals surface area contributed by atoms with E-state index in [0.29, 0.717) is 0 Å². The third kappa shape index (κ3) is 2.96. The van der Waals surface area contributed by atoms with Crippen LogP contribution in [0.1, 0.15) is 22.3 Å². The smallest absolute Gasteiger partial charge is 0.477 e. The Morgan fingerprint density at radius 2 is 1.94 bits per heavy atom. The molecule has 10 heteroatoms. The highest BCUT2D eigenvalue weighted by molar-refractivity contribution is 5.90. The van der Waals surface area contributed by atoms with Gasteiger partial charge in [-0.05, 0) is 0 Å². The first-order valence-corrected chi connectivity index (χ1v) is 4.16. The number of nitrogens with one attached hydrogen (secondary N) is 1. The van der Waals surface area contributed by atoms with Crippen molar-refractivity contribution in [2.24, 2.45) is 0 Å². The lowest BCUT2D eigenvalue weighted by molar-refractivity contribution is -0.276. The Labute approximate surface area is 94.8 Å². The molecule has 0 saturated heterocycles. The van der Waals surface area contributed by atoms with Gasteiger partial charge in [0, 0.05) is 6.20 Å². The van der Waals surface area contributed by atoms with Crippen molar-refractivity contribution in [3.63, 3.8) is 0 Å². The third-order valence-electron chi connectivity index (χ3n) is 1.74. The van der Waals surface area contributed by atoms with Crippen molar-refractivity contribution in [2.45, 2.75) is 12.8 Å². The van der Waals surface area contributed by atoms with E-state index < -0.39 is 41.2 Å². The van der Waals surface area contributed by atoms with Crippen molar-refractivity contribution >= 4 is 5.97 Å². The number of pyridine rings is 1. The van der Waals surface area contributed by atoms with E-state index in [-0.39, 0.29) is 6.20 Å². The number of carboxylic acids is 1. The van der Waals surface area contributed by atoms with Crippen LogP contribution in [0.25, 0.3) is 0 Å². The summed E-state index contributed by atoms with van der Waals surface area (Å²) in [5.74, 6) is -3.57. The zero-order valence-corrected chi connectivity index (χ0v) is 8.22. The summed E-state index contributed by atoms with van der Waals surface area (Å²) >= 11 is 0. The number of aromatic amines is 1. The summed E-state index contributed by atoms with van der Waals surface area (Å²) in [6.07, 6.45) is -8.33. The Balaban J connectivity index is 3.42. The first-order chi connectivity index (χ1) is 8.13. The highest BCUT2D eigenvalue weighted by atomic mass is 19.4. The Kier molecular flexibility index (Phi) is 3.58. The van der Waals surface area contributed by atoms with Gasteiger partial charge >= 0.3 is 12.3 Å². The number of ether oxygens (including phenoxy) is 1. The Morgan fingerprint density at radius 3 is 2.33 bits per heavy atom. The maximum absolute atomic E-state index is 12.3. The van der Waals surface area contributed by atoms with Gasteiger partial charge in [-0.25, -0.2) is 13.6 Å². The van der Waals surface area contributed by atoms with E-state index in [1.807, 2.05) is 0 Å². The minimum absolute atomic E-state index is 0.264. The van der Waals surface area contributed by atoms with Gasteiger partial charge in [-0.15, -0.1) is 13.2 Å². The fraction of sp³-hybridized carbons (Fsp3) is 0.250. The van der Waals surface area contributed by atoms with Crippen LogP contribution in [0.3, 0.4) is 0 Å². The number of halogens is 5. The van der Waals surface area contributed by atoms with Crippen molar-refractivity contribution in [1.82, 2.24) is 4.98 Å². The molecule has 0 bridgehead atoms. The topological polar surface area (TPSA) is 79.4 Å². The minimum atomic E-state index is -5.26. The summed E-state index contributed by atoms with van der Waals surface area (Å²) in [6.45, 7) is 0. The second kappa shape index (κ2) is 4.63. The average molecular weight is 273 g/mol. The van der Waals surface area contributed by atoms with E-state index in [1.165, 1.54) is 0 Å². The van der Waals surface area contributed by atoms with Gasteiger partial charge in [-0.3, -0.25) is 4.79 Å². The summed E-state index contributed by atoms with van der Waals surface area (Å²) in [4.78, 5) is 23.4. The molecular formula is C8H4F5NO4. The molecule has 0 aliphatic heterocycles. The Bertz CT molecular complexity index is 521. The predicted octanol–water partition coefficient (Wildman–Crippen LogP) is 1.91. The lowest BCUT2D eigenvalue weighted by atomic mass is 10.2. The summed E-state index contributed by atoms with van der Waals surface area (Å²) in [7, 11) is 0. The van der Waals surface area contributed by atoms with Crippen molar-refractivity contribution in [3.05, 3.63) is 27.5 Å². The lowest BCUT2D eigenvalue weighted by Crippen LogP contribution is -2.26. The molecule has 18 heavy (non-hydrogen) atoms. The number of aromatic nitrogens is 1. The second-order valence-corrected chi connectivity index (χ2v) is 2.93. The van der Waals surface area contributed by atoms with Crippen molar-refractivity contribution in [3.8, 4) is 5.88 Å². The Hall–Kier alpha value is -2.13. The van der Waals surface area contributed by atoms with Gasteiger partial charge in [0.25, 0.3) is 6.43 Å². The molecule has 0 fully saturated rings. The molecule has 0 amide bonds. The molecule has 0 atom stereocenters. The number of H-pyrrole nitrogens is 1. The van der Waals surface area contributed by atoms with E-state index in [9.17, 15) is 31.5 Å². The van der Waals surface area contributed by atoms with Crippen LogP contribution in [0, 0.1) is 0 Å². The number of hydrogen-bond acceptors (Lipinski definition) is 3. The number of aromatic carboxylic acids is 1. The predicted molar refractivity (Wildman–Crippen MR) is 45.7 cm³/mol. The van der Waals surface area contributed by atoms with Crippen LogP contribution in [0.2, 0.25) is 0 Å². The standard InChI is InChI=1S/C8H4F5NO4/c9-5(10)2-1-14-6(18-8(11,12)13)3(4(2)15)7(16)17/h1,5H,(H,14,15)(H,16,17). The van der Waals surface area contributed by atoms with Gasteiger partial charge < -0.3 is 14.8 Å². The fourth-order valence-corrected chi connectivity index (χ4v) is 1.08. The quantitative estimate of drug-likeness (QED) is 0.824. The van der Waals surface area contributed by atoms with Crippen LogP contribution < -0.4 is 10.2 Å². The summed E-state index contributed by atoms with van der Waals surface area (Å²) in [5.41, 5.74) is -4.54. The molecule has 5 nitrogen and oxygen atoms in total. The van der Waals surface area contributed by atoms with Crippen LogP contribution in [-0.4, -0.2) is 22.4 Å². The first kappa shape index (κ1) is 13.9. The second-order valence-electron chi connectivity index (χ2n) is 2.93. The molecule has 0 aromatic carbocycles. The first-order valence-electron chi connectivity index (χ1n) is 4.16. The number of alkyl halides is 5. The van der Waals surface area contributed by atoms with Crippen molar-refractivity contribution in [2.75, 3.05) is 0 Å². The number of rotatable bonds is 3. The van der Waals surface area contributed by atoms with Crippen molar-refractivity contribution < 1.29 is 36.6 Å². The van der Waals surface area contributed by atoms with E-state index in [4.69, 9.17) is 5.11 Å². The minimum Gasteiger partial charge on any atom is -0.477 e. The van der Waals surface area contributed by atoms with Gasteiger partial charge in [0.2, 0.25) is 11.3 Å². The molecule has 1 rings (SSSR count). The molecule has 1 aromatic rings. The van der Waals surface area contributed by atoms with Gasteiger partial charge in [-0.2, -0.15) is 0 Å². The summed E-state index contributed by atoms with van der Waals surface area (Å²) in [5, 5.41) is 8.54. The van der Waals surface area contributed by atoms with Crippen LogP contribution in [0.5, 0.6) is 5.88 Å². The van der Waals surface area contributed by atoms with Crippen LogP contribution in [0.15, 0.2) is 11.0 Å².